The summed E-state index contributed by atoms with van der Waals surface area (Å²) in [5.74, 6) is 1.05. The highest BCUT2D eigenvalue weighted by atomic mass is 32.2. The molecule has 3 rings (SSSR count). The number of rotatable bonds is 4. The van der Waals surface area contributed by atoms with Gasteiger partial charge in [-0.2, -0.15) is 0 Å². The van der Waals surface area contributed by atoms with E-state index in [0.717, 1.165) is 48.7 Å². The number of ether oxygens (including phenoxy) is 1. The molecule has 2 heterocycles. The number of nitrogens with one attached hydrogen (secondary N) is 1. The van der Waals surface area contributed by atoms with Crippen LogP contribution < -0.4 is 10.2 Å². The third-order valence-corrected chi connectivity index (χ3v) is 6.02. The minimum absolute atomic E-state index is 0.0179. The standard InChI is InChI=1S/C16H21N3O2S2/c1-12(23-16-17-6-11-22-16)15(20)18-13-2-4-14(5-3-13)19-7-9-21-10-8-19/h2-5,12H,6-11H2,1H3,(H,18,20)/t12-/m1/s1. The maximum atomic E-state index is 12.3. The molecule has 124 valence electrons. The molecule has 1 fully saturated rings. The van der Waals surface area contributed by atoms with Crippen LogP contribution >= 0.6 is 23.5 Å². The highest BCUT2D eigenvalue weighted by molar-refractivity contribution is 8.39. The van der Waals surface area contributed by atoms with Gasteiger partial charge in [-0.3, -0.25) is 9.79 Å². The molecule has 0 aromatic heterocycles. The Morgan fingerprint density at radius 1 is 1.35 bits per heavy atom. The van der Waals surface area contributed by atoms with Gasteiger partial charge in [-0.1, -0.05) is 23.5 Å². The SMILES string of the molecule is C[C@@H](SC1=NCCS1)C(=O)Nc1ccc(N2CCOCC2)cc1. The lowest BCUT2D eigenvalue weighted by atomic mass is 10.2. The van der Waals surface area contributed by atoms with Gasteiger partial charge in [0.2, 0.25) is 5.91 Å². The molecule has 1 aromatic rings. The van der Waals surface area contributed by atoms with Gasteiger partial charge >= 0.3 is 0 Å². The summed E-state index contributed by atoms with van der Waals surface area (Å²) in [7, 11) is 0. The van der Waals surface area contributed by atoms with Crippen LogP contribution in [0.1, 0.15) is 6.92 Å². The molecular weight excluding hydrogens is 330 g/mol. The minimum atomic E-state index is -0.140. The Morgan fingerprint density at radius 2 is 2.09 bits per heavy atom. The van der Waals surface area contributed by atoms with Crippen molar-refractivity contribution in [2.45, 2.75) is 12.2 Å². The largest absolute Gasteiger partial charge is 0.378 e. The molecule has 23 heavy (non-hydrogen) atoms. The van der Waals surface area contributed by atoms with Crippen LogP contribution in [0.5, 0.6) is 0 Å². The van der Waals surface area contributed by atoms with E-state index in [-0.39, 0.29) is 11.2 Å². The van der Waals surface area contributed by atoms with Crippen LogP contribution in [0, 0.1) is 0 Å². The molecule has 1 N–H and O–H groups in total. The number of carbonyl (C=O) groups is 1. The lowest BCUT2D eigenvalue weighted by molar-refractivity contribution is -0.115. The van der Waals surface area contributed by atoms with Crippen molar-refractivity contribution in [1.82, 2.24) is 0 Å². The summed E-state index contributed by atoms with van der Waals surface area (Å²) in [6.45, 7) is 6.16. The highest BCUT2D eigenvalue weighted by Gasteiger charge is 2.19. The van der Waals surface area contributed by atoms with Crippen molar-refractivity contribution in [3.63, 3.8) is 0 Å². The van der Waals surface area contributed by atoms with Gasteiger partial charge in [0, 0.05) is 30.2 Å². The molecule has 0 spiro atoms. The van der Waals surface area contributed by atoms with Crippen molar-refractivity contribution >= 4 is 45.2 Å². The van der Waals surface area contributed by atoms with E-state index in [4.69, 9.17) is 4.74 Å². The number of morpholine rings is 1. The maximum Gasteiger partial charge on any atom is 0.237 e. The van der Waals surface area contributed by atoms with Crippen LogP contribution in [0.2, 0.25) is 0 Å². The van der Waals surface area contributed by atoms with Gasteiger partial charge in [0.15, 0.2) is 0 Å². The summed E-state index contributed by atoms with van der Waals surface area (Å²) in [6, 6.07) is 8.02. The van der Waals surface area contributed by atoms with Crippen molar-refractivity contribution in [3.8, 4) is 0 Å². The van der Waals surface area contributed by atoms with Crippen LogP contribution in [0.25, 0.3) is 0 Å². The number of thioether (sulfide) groups is 2. The average molecular weight is 351 g/mol. The van der Waals surface area contributed by atoms with E-state index in [1.165, 1.54) is 17.4 Å². The van der Waals surface area contributed by atoms with Crippen molar-refractivity contribution in [2.75, 3.05) is 48.8 Å². The zero-order chi connectivity index (χ0) is 16.1. The summed E-state index contributed by atoms with van der Waals surface area (Å²) >= 11 is 3.27. The zero-order valence-corrected chi connectivity index (χ0v) is 14.8. The Hall–Kier alpha value is -1.18. The first-order chi connectivity index (χ1) is 11.2. The smallest absolute Gasteiger partial charge is 0.237 e. The quantitative estimate of drug-likeness (QED) is 0.904. The number of nitrogens with zero attached hydrogens (tertiary/aromatic N) is 2. The van der Waals surface area contributed by atoms with Crippen LogP contribution in [-0.2, 0) is 9.53 Å². The van der Waals surface area contributed by atoms with Crippen molar-refractivity contribution in [2.24, 2.45) is 4.99 Å². The number of amides is 1. The molecule has 0 radical (unpaired) electrons. The molecular formula is C16H21N3O2S2. The molecule has 2 aliphatic rings. The van der Waals surface area contributed by atoms with Crippen molar-refractivity contribution in [1.29, 1.82) is 0 Å². The van der Waals surface area contributed by atoms with E-state index in [9.17, 15) is 4.79 Å². The second-order valence-electron chi connectivity index (χ2n) is 5.39. The van der Waals surface area contributed by atoms with E-state index < -0.39 is 0 Å². The molecule has 0 bridgehead atoms. The molecule has 7 heteroatoms. The number of benzene rings is 1. The summed E-state index contributed by atoms with van der Waals surface area (Å²) < 4.78 is 6.39. The van der Waals surface area contributed by atoms with Gasteiger partial charge in [-0.15, -0.1) is 0 Å². The van der Waals surface area contributed by atoms with E-state index in [1.54, 1.807) is 11.8 Å². The number of carbonyl (C=O) groups excluding carboxylic acids is 1. The van der Waals surface area contributed by atoms with Gasteiger partial charge in [-0.05, 0) is 31.2 Å². The van der Waals surface area contributed by atoms with E-state index >= 15 is 0 Å². The van der Waals surface area contributed by atoms with Gasteiger partial charge in [0.1, 0.15) is 4.38 Å². The Labute approximate surface area is 145 Å². The maximum absolute atomic E-state index is 12.3. The fourth-order valence-corrected chi connectivity index (χ4v) is 4.54. The number of aliphatic imine (C=N–C) groups is 1. The van der Waals surface area contributed by atoms with E-state index in [2.05, 4.69) is 27.3 Å². The summed E-state index contributed by atoms with van der Waals surface area (Å²) in [6.07, 6.45) is 0. The predicted molar refractivity (Wildman–Crippen MR) is 99.9 cm³/mol. The molecule has 1 atom stereocenters. The third-order valence-electron chi connectivity index (χ3n) is 3.72. The van der Waals surface area contributed by atoms with Gasteiger partial charge in [-0.25, -0.2) is 0 Å². The molecule has 1 aromatic carbocycles. The fourth-order valence-electron chi connectivity index (χ4n) is 2.41. The predicted octanol–water partition coefficient (Wildman–Crippen LogP) is 2.69. The molecule has 1 amide bonds. The topological polar surface area (TPSA) is 53.9 Å². The molecule has 0 aliphatic carbocycles. The molecule has 1 saturated heterocycles. The highest BCUT2D eigenvalue weighted by Crippen LogP contribution is 2.26. The van der Waals surface area contributed by atoms with E-state index in [0.29, 0.717) is 0 Å². The fraction of sp³-hybridized carbons (Fsp3) is 0.500. The van der Waals surface area contributed by atoms with Crippen LogP contribution in [0.4, 0.5) is 11.4 Å². The second-order valence-corrected chi connectivity index (χ2v) is 8.06. The van der Waals surface area contributed by atoms with Crippen molar-refractivity contribution in [3.05, 3.63) is 24.3 Å². The summed E-state index contributed by atoms with van der Waals surface area (Å²) in [4.78, 5) is 18.9. The first kappa shape index (κ1) is 16.7. The van der Waals surface area contributed by atoms with Crippen LogP contribution in [0.3, 0.4) is 0 Å². The summed E-state index contributed by atoms with van der Waals surface area (Å²) in [5, 5.41) is 2.84. The Bertz CT molecular complexity index is 571. The van der Waals surface area contributed by atoms with Gasteiger partial charge in [0.05, 0.1) is 25.0 Å². The lowest BCUT2D eigenvalue weighted by Gasteiger charge is -2.28. The second kappa shape index (κ2) is 8.08. The Kier molecular flexibility index (Phi) is 5.85. The first-order valence-electron chi connectivity index (χ1n) is 7.80. The van der Waals surface area contributed by atoms with E-state index in [1.807, 2.05) is 19.1 Å². The number of hydrogen-bond donors (Lipinski definition) is 1. The average Bonchev–Trinajstić information content (AvgIpc) is 3.09. The minimum Gasteiger partial charge on any atom is -0.378 e. The molecule has 0 saturated carbocycles. The third kappa shape index (κ3) is 4.65. The van der Waals surface area contributed by atoms with Gasteiger partial charge in [0.25, 0.3) is 0 Å². The first-order valence-corrected chi connectivity index (χ1v) is 9.66. The van der Waals surface area contributed by atoms with Crippen LogP contribution in [0.15, 0.2) is 29.3 Å². The summed E-state index contributed by atoms with van der Waals surface area (Å²) in [5.41, 5.74) is 2.01. The Balaban J connectivity index is 1.53. The normalized spacial score (nSPS) is 19.3. The van der Waals surface area contributed by atoms with Gasteiger partial charge < -0.3 is 15.0 Å². The monoisotopic (exact) mass is 351 g/mol. The number of hydrogen-bond acceptors (Lipinski definition) is 6. The lowest BCUT2D eigenvalue weighted by Crippen LogP contribution is -2.36. The molecule has 2 aliphatic heterocycles. The molecule has 0 unspecified atom stereocenters. The zero-order valence-electron chi connectivity index (χ0n) is 13.2. The molecule has 5 nitrogen and oxygen atoms in total. The van der Waals surface area contributed by atoms with Crippen LogP contribution in [-0.4, -0.2) is 54.1 Å². The van der Waals surface area contributed by atoms with Crippen molar-refractivity contribution < 1.29 is 9.53 Å². The number of anilines is 2. The Morgan fingerprint density at radius 3 is 2.74 bits per heavy atom.